The average molecular weight is 346 g/mol. The van der Waals surface area contributed by atoms with Gasteiger partial charge in [-0.05, 0) is 49.6 Å². The van der Waals surface area contributed by atoms with Gasteiger partial charge in [-0.15, -0.1) is 22.7 Å². The maximum absolute atomic E-state index is 10.8. The summed E-state index contributed by atoms with van der Waals surface area (Å²) in [6.45, 7) is 2.28. The lowest BCUT2D eigenvalue weighted by molar-refractivity contribution is 0.316. The van der Waals surface area contributed by atoms with E-state index in [9.17, 15) is 8.42 Å². The lowest BCUT2D eigenvalue weighted by Crippen LogP contribution is -2.04. The summed E-state index contributed by atoms with van der Waals surface area (Å²) in [5.41, 5.74) is 2.48. The fourth-order valence-electron chi connectivity index (χ4n) is 1.94. The molecule has 0 aromatic carbocycles. The molecule has 7 heteroatoms. The lowest BCUT2D eigenvalue weighted by atomic mass is 10.1. The van der Waals surface area contributed by atoms with Crippen molar-refractivity contribution in [3.05, 3.63) is 38.0 Å². The van der Waals surface area contributed by atoms with Crippen molar-refractivity contribution in [3.63, 3.8) is 0 Å². The molecule has 0 aliphatic carbocycles. The number of thiophene rings is 1. The first-order chi connectivity index (χ1) is 9.92. The minimum Gasteiger partial charge on any atom is -0.270 e. The van der Waals surface area contributed by atoms with Crippen molar-refractivity contribution in [2.75, 3.05) is 12.9 Å². The van der Waals surface area contributed by atoms with Crippen LogP contribution in [0.3, 0.4) is 0 Å². The Balaban J connectivity index is 1.73. The van der Waals surface area contributed by atoms with E-state index in [1.54, 1.807) is 22.7 Å². The first-order valence-electron chi connectivity index (χ1n) is 6.74. The van der Waals surface area contributed by atoms with E-state index >= 15 is 0 Å². The Morgan fingerprint density at radius 2 is 2.00 bits per heavy atom. The summed E-state index contributed by atoms with van der Waals surface area (Å²) >= 11 is 3.41. The summed E-state index contributed by atoms with van der Waals surface area (Å²) < 4.78 is 26.4. The molecule has 116 valence electrons. The van der Waals surface area contributed by atoms with Crippen molar-refractivity contribution in [1.82, 2.24) is 4.98 Å². The van der Waals surface area contributed by atoms with Gasteiger partial charge in [-0.3, -0.25) is 4.18 Å². The normalized spacial score (nSPS) is 11.9. The first-order valence-corrected chi connectivity index (χ1v) is 10.3. The van der Waals surface area contributed by atoms with Gasteiger partial charge in [0.15, 0.2) is 0 Å². The third-order valence-corrected chi connectivity index (χ3v) is 5.37. The summed E-state index contributed by atoms with van der Waals surface area (Å²) in [4.78, 5) is 5.74. The van der Waals surface area contributed by atoms with Crippen molar-refractivity contribution >= 4 is 32.8 Å². The van der Waals surface area contributed by atoms with Gasteiger partial charge in [-0.2, -0.15) is 8.42 Å². The molecule has 0 amide bonds. The number of aromatic nitrogens is 1. The first kappa shape index (κ1) is 16.6. The number of thiazole rings is 1. The second kappa shape index (κ2) is 7.49. The van der Waals surface area contributed by atoms with Gasteiger partial charge in [0.2, 0.25) is 0 Å². The smallest absolute Gasteiger partial charge is 0.264 e. The fourth-order valence-corrected chi connectivity index (χ4v) is 3.98. The summed E-state index contributed by atoms with van der Waals surface area (Å²) in [6.07, 6.45) is 4.63. The van der Waals surface area contributed by atoms with Crippen LogP contribution in [0.4, 0.5) is 0 Å². The maximum Gasteiger partial charge on any atom is 0.264 e. The summed E-state index contributed by atoms with van der Waals surface area (Å²) in [6, 6.07) is 2.20. The standard InChI is InChI=1S/C14H19NO3S3/c1-11-15-13(10-19-11)6-5-12-8-14(20-9-12)4-3-7-18-21(2,16)17/h8-10H,3-7H2,1-2H3. The van der Waals surface area contributed by atoms with Crippen LogP contribution in [0.2, 0.25) is 0 Å². The van der Waals surface area contributed by atoms with Crippen LogP contribution in [0, 0.1) is 6.92 Å². The lowest BCUT2D eigenvalue weighted by Gasteiger charge is -1.99. The number of hydrogen-bond acceptors (Lipinski definition) is 6. The molecule has 0 radical (unpaired) electrons. The summed E-state index contributed by atoms with van der Waals surface area (Å²) in [5.74, 6) is 0. The molecule has 0 spiro atoms. The van der Waals surface area contributed by atoms with E-state index in [1.807, 2.05) is 6.92 Å². The Kier molecular flexibility index (Phi) is 5.92. The molecule has 0 aliphatic rings. The number of aryl methyl sites for hydroxylation is 4. The van der Waals surface area contributed by atoms with Gasteiger partial charge >= 0.3 is 0 Å². The summed E-state index contributed by atoms with van der Waals surface area (Å²) in [5, 5.41) is 5.40. The quantitative estimate of drug-likeness (QED) is 0.544. The highest BCUT2D eigenvalue weighted by atomic mass is 32.2. The van der Waals surface area contributed by atoms with Crippen molar-refractivity contribution in [2.24, 2.45) is 0 Å². The molecule has 0 saturated heterocycles. The highest BCUT2D eigenvalue weighted by molar-refractivity contribution is 7.85. The van der Waals surface area contributed by atoms with Crippen molar-refractivity contribution in [2.45, 2.75) is 32.6 Å². The molecule has 0 N–H and O–H groups in total. The molecule has 0 fully saturated rings. The van der Waals surface area contributed by atoms with Crippen LogP contribution in [0.25, 0.3) is 0 Å². The fraction of sp³-hybridized carbons (Fsp3) is 0.500. The topological polar surface area (TPSA) is 56.3 Å². The zero-order valence-corrected chi connectivity index (χ0v) is 14.6. The molecular weight excluding hydrogens is 326 g/mol. The molecule has 4 nitrogen and oxygen atoms in total. The van der Waals surface area contributed by atoms with Gasteiger partial charge in [0.05, 0.1) is 23.6 Å². The highest BCUT2D eigenvalue weighted by Gasteiger charge is 2.05. The molecule has 21 heavy (non-hydrogen) atoms. The summed E-state index contributed by atoms with van der Waals surface area (Å²) in [7, 11) is -3.31. The SMILES string of the molecule is Cc1nc(CCc2csc(CCCOS(C)(=O)=O)c2)cs1. The maximum atomic E-state index is 10.8. The van der Waals surface area contributed by atoms with E-state index in [-0.39, 0.29) is 6.61 Å². The molecule has 2 rings (SSSR count). The van der Waals surface area contributed by atoms with Gasteiger partial charge in [-0.25, -0.2) is 4.98 Å². The molecule has 2 aromatic rings. The average Bonchev–Trinajstić information content (AvgIpc) is 3.00. The van der Waals surface area contributed by atoms with Gasteiger partial charge < -0.3 is 0 Å². The zero-order valence-electron chi connectivity index (χ0n) is 12.2. The Labute approximate surface area is 133 Å². The Morgan fingerprint density at radius 1 is 1.19 bits per heavy atom. The molecule has 2 heterocycles. The predicted molar refractivity (Wildman–Crippen MR) is 87.7 cm³/mol. The molecular formula is C14H19NO3S3. The largest absolute Gasteiger partial charge is 0.270 e. The number of hydrogen-bond donors (Lipinski definition) is 0. The number of nitrogens with zero attached hydrogens (tertiary/aromatic N) is 1. The molecule has 0 atom stereocenters. The van der Waals surface area contributed by atoms with E-state index in [1.165, 1.54) is 10.4 Å². The van der Waals surface area contributed by atoms with Crippen LogP contribution in [-0.2, 0) is 33.6 Å². The van der Waals surface area contributed by atoms with E-state index < -0.39 is 10.1 Å². The second-order valence-electron chi connectivity index (χ2n) is 4.91. The second-order valence-corrected chi connectivity index (χ2v) is 8.61. The van der Waals surface area contributed by atoms with Crippen LogP contribution in [0.15, 0.2) is 16.8 Å². The van der Waals surface area contributed by atoms with Gasteiger partial charge in [-0.1, -0.05) is 0 Å². The highest BCUT2D eigenvalue weighted by Crippen LogP contribution is 2.19. The molecule has 2 aromatic heterocycles. The van der Waals surface area contributed by atoms with E-state index in [2.05, 4.69) is 21.8 Å². The van der Waals surface area contributed by atoms with Crippen LogP contribution >= 0.6 is 22.7 Å². The third kappa shape index (κ3) is 6.25. The van der Waals surface area contributed by atoms with Crippen molar-refractivity contribution < 1.29 is 12.6 Å². The van der Waals surface area contributed by atoms with Crippen LogP contribution in [0.5, 0.6) is 0 Å². The van der Waals surface area contributed by atoms with Crippen molar-refractivity contribution in [1.29, 1.82) is 0 Å². The predicted octanol–water partition coefficient (Wildman–Crippen LogP) is 3.21. The van der Waals surface area contributed by atoms with E-state index in [0.717, 1.165) is 42.6 Å². The molecule has 0 unspecified atom stereocenters. The van der Waals surface area contributed by atoms with Crippen LogP contribution in [-0.4, -0.2) is 26.3 Å². The van der Waals surface area contributed by atoms with Crippen molar-refractivity contribution in [3.8, 4) is 0 Å². The molecule has 0 saturated carbocycles. The Bertz CT molecular complexity index is 673. The van der Waals surface area contributed by atoms with Gasteiger partial charge in [0.1, 0.15) is 0 Å². The zero-order chi connectivity index (χ0) is 15.3. The van der Waals surface area contributed by atoms with Gasteiger partial charge in [0, 0.05) is 10.3 Å². The van der Waals surface area contributed by atoms with Gasteiger partial charge in [0.25, 0.3) is 10.1 Å². The minimum absolute atomic E-state index is 0.254. The van der Waals surface area contributed by atoms with Crippen LogP contribution < -0.4 is 0 Å². The Morgan fingerprint density at radius 3 is 2.67 bits per heavy atom. The molecule has 0 bridgehead atoms. The molecule has 0 aliphatic heterocycles. The van der Waals surface area contributed by atoms with Crippen LogP contribution in [0.1, 0.15) is 27.6 Å². The third-order valence-electron chi connectivity index (χ3n) is 2.91. The van der Waals surface area contributed by atoms with E-state index in [0.29, 0.717) is 0 Å². The monoisotopic (exact) mass is 345 g/mol. The van der Waals surface area contributed by atoms with E-state index in [4.69, 9.17) is 4.18 Å². The number of rotatable bonds is 8. The Hall–Kier alpha value is -0.760. The minimum atomic E-state index is -3.31.